The van der Waals surface area contributed by atoms with Crippen LogP contribution in [0.4, 0.5) is 0 Å². The molecule has 1 aromatic heterocycles. The smallest absolute Gasteiger partial charge is 0.232 e. The average Bonchev–Trinajstić information content (AvgIpc) is 3.33. The lowest BCUT2D eigenvalue weighted by atomic mass is 9.97. The second-order valence-corrected chi connectivity index (χ2v) is 8.91. The van der Waals surface area contributed by atoms with Crippen molar-refractivity contribution in [1.29, 1.82) is 0 Å². The highest BCUT2D eigenvalue weighted by Gasteiger charge is 2.24. The maximum Gasteiger partial charge on any atom is 0.232 e. The molecule has 2 N–H and O–H groups in total. The molecule has 0 bridgehead atoms. The molecule has 0 radical (unpaired) electrons. The van der Waals surface area contributed by atoms with Gasteiger partial charge in [-0.05, 0) is 32.1 Å². The van der Waals surface area contributed by atoms with Crippen LogP contribution in [0.5, 0.6) is 0 Å². The van der Waals surface area contributed by atoms with E-state index in [9.17, 15) is 0 Å². The topological polar surface area (TPSA) is 87.8 Å². The highest BCUT2D eigenvalue weighted by atomic mass is 16.5. The lowest BCUT2D eigenvalue weighted by molar-refractivity contribution is 0.150. The number of nitrogens with zero attached hydrogens (tertiary/aromatic N) is 4. The Morgan fingerprint density at radius 1 is 1.25 bits per heavy atom. The summed E-state index contributed by atoms with van der Waals surface area (Å²) in [5, 5.41) is 11.0. The van der Waals surface area contributed by atoms with E-state index in [-0.39, 0.29) is 5.41 Å². The van der Waals surface area contributed by atoms with Gasteiger partial charge in [0.15, 0.2) is 11.8 Å². The van der Waals surface area contributed by atoms with Crippen LogP contribution in [0.25, 0.3) is 0 Å². The Morgan fingerprint density at radius 2 is 2.04 bits per heavy atom. The molecule has 158 valence electrons. The molecular weight excluding hydrogens is 356 g/mol. The van der Waals surface area contributed by atoms with Crippen molar-refractivity contribution in [2.75, 3.05) is 39.4 Å². The van der Waals surface area contributed by atoms with Crippen LogP contribution in [0, 0.1) is 5.92 Å². The summed E-state index contributed by atoms with van der Waals surface area (Å²) < 4.78 is 10.9. The highest BCUT2D eigenvalue weighted by molar-refractivity contribution is 5.80. The van der Waals surface area contributed by atoms with Crippen molar-refractivity contribution in [1.82, 2.24) is 25.7 Å². The van der Waals surface area contributed by atoms with Crippen LogP contribution in [0.15, 0.2) is 9.52 Å². The maximum atomic E-state index is 5.50. The van der Waals surface area contributed by atoms with Gasteiger partial charge in [-0.15, -0.1) is 0 Å². The van der Waals surface area contributed by atoms with Crippen molar-refractivity contribution in [3.8, 4) is 0 Å². The molecule has 1 unspecified atom stereocenters. The molecule has 28 heavy (non-hydrogen) atoms. The van der Waals surface area contributed by atoms with E-state index < -0.39 is 0 Å². The van der Waals surface area contributed by atoms with Crippen molar-refractivity contribution >= 4 is 5.96 Å². The van der Waals surface area contributed by atoms with Gasteiger partial charge < -0.3 is 24.8 Å². The number of piperidine rings is 1. The van der Waals surface area contributed by atoms with Crippen molar-refractivity contribution < 1.29 is 9.26 Å². The first kappa shape index (κ1) is 21.0. The first-order chi connectivity index (χ1) is 13.4. The molecule has 3 heterocycles. The average molecular weight is 393 g/mol. The van der Waals surface area contributed by atoms with Gasteiger partial charge in [-0.25, -0.2) is 4.99 Å². The zero-order valence-electron chi connectivity index (χ0n) is 17.8. The van der Waals surface area contributed by atoms with Gasteiger partial charge in [0.1, 0.15) is 6.54 Å². The number of hydrogen-bond acceptors (Lipinski definition) is 6. The molecule has 0 spiro atoms. The van der Waals surface area contributed by atoms with Gasteiger partial charge in [-0.2, -0.15) is 4.98 Å². The van der Waals surface area contributed by atoms with Crippen molar-refractivity contribution in [2.24, 2.45) is 10.9 Å². The van der Waals surface area contributed by atoms with Gasteiger partial charge in [-0.1, -0.05) is 25.9 Å². The fourth-order valence-electron chi connectivity index (χ4n) is 3.64. The summed E-state index contributed by atoms with van der Waals surface area (Å²) in [6, 6.07) is 0.448. The molecule has 3 rings (SSSR count). The van der Waals surface area contributed by atoms with Gasteiger partial charge in [0.2, 0.25) is 5.89 Å². The Bertz CT molecular complexity index is 625. The fraction of sp³-hybridized carbons (Fsp3) is 0.850. The van der Waals surface area contributed by atoms with Gasteiger partial charge in [0, 0.05) is 44.2 Å². The molecule has 0 amide bonds. The van der Waals surface area contributed by atoms with Crippen LogP contribution in [-0.2, 0) is 16.7 Å². The van der Waals surface area contributed by atoms with E-state index in [4.69, 9.17) is 9.26 Å². The molecule has 2 aliphatic rings. The van der Waals surface area contributed by atoms with Crippen molar-refractivity contribution in [3.05, 3.63) is 11.7 Å². The zero-order valence-corrected chi connectivity index (χ0v) is 17.8. The van der Waals surface area contributed by atoms with Crippen LogP contribution in [0.1, 0.15) is 58.7 Å². The third-order valence-corrected chi connectivity index (χ3v) is 5.30. The Kier molecular flexibility index (Phi) is 7.29. The molecule has 1 atom stereocenters. The molecule has 8 nitrogen and oxygen atoms in total. The van der Waals surface area contributed by atoms with E-state index in [0.717, 1.165) is 57.6 Å². The molecule has 0 saturated carbocycles. The minimum atomic E-state index is -0.143. The molecule has 8 heteroatoms. The normalized spacial score (nSPS) is 22.6. The lowest BCUT2D eigenvalue weighted by Crippen LogP contribution is -2.49. The highest BCUT2D eigenvalue weighted by Crippen LogP contribution is 2.20. The Morgan fingerprint density at radius 3 is 2.64 bits per heavy atom. The number of ether oxygens (including phenoxy) is 1. The van der Waals surface area contributed by atoms with E-state index in [2.05, 4.69) is 58.4 Å². The lowest BCUT2D eigenvalue weighted by Gasteiger charge is -2.34. The van der Waals surface area contributed by atoms with Crippen LogP contribution in [0.3, 0.4) is 0 Å². The van der Waals surface area contributed by atoms with Crippen LogP contribution < -0.4 is 10.6 Å². The summed E-state index contributed by atoms with van der Waals surface area (Å²) in [6.45, 7) is 14.8. The molecule has 0 aromatic carbocycles. The number of rotatable bonds is 6. The van der Waals surface area contributed by atoms with Crippen molar-refractivity contribution in [3.63, 3.8) is 0 Å². The van der Waals surface area contributed by atoms with Crippen LogP contribution in [-0.4, -0.2) is 66.4 Å². The van der Waals surface area contributed by atoms with E-state index in [0.29, 0.717) is 24.3 Å². The molecule has 2 fully saturated rings. The van der Waals surface area contributed by atoms with Gasteiger partial charge in [-0.3, -0.25) is 0 Å². The minimum absolute atomic E-state index is 0.143. The Labute approximate surface area is 168 Å². The predicted molar refractivity (Wildman–Crippen MR) is 109 cm³/mol. The van der Waals surface area contributed by atoms with E-state index in [1.54, 1.807) is 0 Å². The molecule has 2 aliphatic heterocycles. The SMILES string of the molecule is CCNC(=NCc1noc(C(C)(C)C)n1)NC1CCN(CC2CCOC2)CC1. The number of nitrogens with one attached hydrogen (secondary N) is 2. The Balaban J connectivity index is 1.47. The van der Waals surface area contributed by atoms with E-state index >= 15 is 0 Å². The molecule has 1 aromatic rings. The Hall–Kier alpha value is -1.67. The molecule has 2 saturated heterocycles. The van der Waals surface area contributed by atoms with Crippen molar-refractivity contribution in [2.45, 2.75) is 65.0 Å². The van der Waals surface area contributed by atoms with E-state index in [1.165, 1.54) is 13.0 Å². The fourth-order valence-corrected chi connectivity index (χ4v) is 3.64. The summed E-state index contributed by atoms with van der Waals surface area (Å²) in [6.07, 6.45) is 3.48. The number of aliphatic imine (C=N–C) groups is 1. The summed E-state index contributed by atoms with van der Waals surface area (Å²) in [5.41, 5.74) is -0.143. The second-order valence-electron chi connectivity index (χ2n) is 8.91. The first-order valence-corrected chi connectivity index (χ1v) is 10.6. The predicted octanol–water partition coefficient (Wildman–Crippen LogP) is 1.92. The first-order valence-electron chi connectivity index (χ1n) is 10.6. The monoisotopic (exact) mass is 392 g/mol. The third kappa shape index (κ3) is 6.17. The van der Waals surface area contributed by atoms with E-state index in [1.807, 2.05) is 0 Å². The number of aromatic nitrogens is 2. The summed E-state index contributed by atoms with van der Waals surface area (Å²) in [4.78, 5) is 11.7. The number of guanidine groups is 1. The molecule has 0 aliphatic carbocycles. The van der Waals surface area contributed by atoms with Crippen LogP contribution >= 0.6 is 0 Å². The number of likely N-dealkylation sites (tertiary alicyclic amines) is 1. The number of hydrogen-bond donors (Lipinski definition) is 2. The quantitative estimate of drug-likeness (QED) is 0.565. The van der Waals surface area contributed by atoms with Crippen LogP contribution in [0.2, 0.25) is 0 Å². The third-order valence-electron chi connectivity index (χ3n) is 5.30. The second kappa shape index (κ2) is 9.69. The van der Waals surface area contributed by atoms with Gasteiger partial charge >= 0.3 is 0 Å². The van der Waals surface area contributed by atoms with Gasteiger partial charge in [0.25, 0.3) is 0 Å². The zero-order chi connectivity index (χ0) is 20.0. The minimum Gasteiger partial charge on any atom is -0.381 e. The standard InChI is InChI=1S/C20H36N6O2/c1-5-21-19(22-12-17-24-18(28-25-17)20(2,3)4)23-16-6-9-26(10-7-16)13-15-8-11-27-14-15/h15-16H,5-14H2,1-4H3,(H2,21,22,23). The van der Waals surface area contributed by atoms with Gasteiger partial charge in [0.05, 0.1) is 6.61 Å². The molecular formula is C20H36N6O2. The maximum absolute atomic E-state index is 5.50. The summed E-state index contributed by atoms with van der Waals surface area (Å²) in [5.74, 6) is 2.81. The summed E-state index contributed by atoms with van der Waals surface area (Å²) >= 11 is 0. The summed E-state index contributed by atoms with van der Waals surface area (Å²) in [7, 11) is 0. The largest absolute Gasteiger partial charge is 0.381 e.